The Morgan fingerprint density at radius 1 is 1.33 bits per heavy atom. The van der Waals surface area contributed by atoms with Crippen LogP contribution in [0.2, 0.25) is 0 Å². The summed E-state index contributed by atoms with van der Waals surface area (Å²) in [6.45, 7) is 0.129. The molecule has 0 unspecified atom stereocenters. The van der Waals surface area contributed by atoms with Gasteiger partial charge in [-0.2, -0.15) is 0 Å². The summed E-state index contributed by atoms with van der Waals surface area (Å²) in [5.41, 5.74) is 2.55. The summed E-state index contributed by atoms with van der Waals surface area (Å²) in [5, 5.41) is 2.77. The summed E-state index contributed by atoms with van der Waals surface area (Å²) in [6.07, 6.45) is 0. The van der Waals surface area contributed by atoms with E-state index in [0.29, 0.717) is 21.9 Å². The van der Waals surface area contributed by atoms with Gasteiger partial charge >= 0.3 is 0 Å². The molecule has 0 aliphatic carbocycles. The van der Waals surface area contributed by atoms with Gasteiger partial charge in [0.1, 0.15) is 23.0 Å². The highest BCUT2D eigenvalue weighted by atomic mass is 79.9. The van der Waals surface area contributed by atoms with Crippen molar-refractivity contribution in [1.82, 2.24) is 9.97 Å². The number of fused-ring (bicyclic) bond motifs is 1. The van der Waals surface area contributed by atoms with Gasteiger partial charge in [-0.25, -0.2) is 20.2 Å². The van der Waals surface area contributed by atoms with Crippen LogP contribution < -0.4 is 16.0 Å². The first kappa shape index (κ1) is 14.2. The largest absolute Gasteiger partial charge is 0.486 e. The molecular formula is C13H10BrFN4OS. The number of aromatic nitrogens is 2. The lowest BCUT2D eigenvalue weighted by molar-refractivity contribution is 0.295. The highest BCUT2D eigenvalue weighted by Crippen LogP contribution is 2.25. The van der Waals surface area contributed by atoms with Crippen LogP contribution in [-0.4, -0.2) is 9.97 Å². The summed E-state index contributed by atoms with van der Waals surface area (Å²) in [6, 6.07) is 6.44. The van der Waals surface area contributed by atoms with E-state index in [1.54, 1.807) is 12.1 Å². The molecule has 0 fully saturated rings. The predicted octanol–water partition coefficient (Wildman–Crippen LogP) is 3.46. The molecule has 0 aliphatic rings. The number of benzene rings is 1. The standard InChI is InChI=1S/C13H10BrFN4OS/c14-9-2-1-7(5-10(9)15)20-6-11-17-12(19-16)8-3-4-21-13(8)18-11/h1-5H,6,16H2,(H,17,18,19). The van der Waals surface area contributed by atoms with Crippen LogP contribution in [0.3, 0.4) is 0 Å². The van der Waals surface area contributed by atoms with Crippen molar-refractivity contribution in [2.75, 3.05) is 5.43 Å². The molecule has 0 saturated carbocycles. The Balaban J connectivity index is 1.82. The van der Waals surface area contributed by atoms with Crippen LogP contribution in [0.5, 0.6) is 5.75 Å². The molecule has 0 radical (unpaired) electrons. The van der Waals surface area contributed by atoms with Gasteiger partial charge in [-0.1, -0.05) is 0 Å². The molecule has 0 saturated heterocycles. The van der Waals surface area contributed by atoms with Crippen LogP contribution in [0, 0.1) is 5.82 Å². The first-order valence-corrected chi connectivity index (χ1v) is 7.63. The maximum atomic E-state index is 13.4. The molecule has 1 aromatic carbocycles. The molecule has 0 aliphatic heterocycles. The normalized spacial score (nSPS) is 10.8. The lowest BCUT2D eigenvalue weighted by atomic mass is 10.3. The number of halogens is 2. The Bertz CT molecular complexity index is 795. The van der Waals surface area contributed by atoms with Gasteiger partial charge < -0.3 is 10.2 Å². The van der Waals surface area contributed by atoms with E-state index in [1.165, 1.54) is 17.4 Å². The molecule has 0 atom stereocenters. The van der Waals surface area contributed by atoms with Crippen molar-refractivity contribution in [2.45, 2.75) is 6.61 Å². The Kier molecular flexibility index (Phi) is 4.00. The van der Waals surface area contributed by atoms with Gasteiger partial charge in [-0.05, 0) is 39.5 Å². The Morgan fingerprint density at radius 2 is 2.19 bits per heavy atom. The van der Waals surface area contributed by atoms with E-state index in [4.69, 9.17) is 10.6 Å². The van der Waals surface area contributed by atoms with Gasteiger partial charge in [0.05, 0.1) is 9.86 Å². The fraction of sp³-hybridized carbons (Fsp3) is 0.0769. The topological polar surface area (TPSA) is 73.1 Å². The fourth-order valence-corrected chi connectivity index (χ4v) is 2.82. The first-order chi connectivity index (χ1) is 10.2. The molecule has 0 bridgehead atoms. The number of hydrogen-bond donors (Lipinski definition) is 2. The third-order valence-electron chi connectivity index (χ3n) is 2.77. The number of nitrogens with one attached hydrogen (secondary N) is 1. The number of nitrogens with two attached hydrogens (primary N) is 1. The van der Waals surface area contributed by atoms with E-state index in [-0.39, 0.29) is 12.4 Å². The third kappa shape index (κ3) is 2.97. The second kappa shape index (κ2) is 5.92. The van der Waals surface area contributed by atoms with E-state index in [1.807, 2.05) is 11.4 Å². The van der Waals surface area contributed by atoms with Gasteiger partial charge in [0.2, 0.25) is 0 Å². The molecule has 108 valence electrons. The average Bonchev–Trinajstić information content (AvgIpc) is 2.96. The maximum absolute atomic E-state index is 13.4. The lowest BCUT2D eigenvalue weighted by Crippen LogP contribution is -2.11. The first-order valence-electron chi connectivity index (χ1n) is 5.96. The minimum absolute atomic E-state index is 0.129. The Hall–Kier alpha value is -1.77. The van der Waals surface area contributed by atoms with Gasteiger partial charge in [-0.15, -0.1) is 11.3 Å². The number of nitrogen functional groups attached to an aromatic ring is 1. The molecule has 0 amide bonds. The quantitative estimate of drug-likeness (QED) is 0.544. The Labute approximate surface area is 132 Å². The van der Waals surface area contributed by atoms with Crippen LogP contribution >= 0.6 is 27.3 Å². The zero-order chi connectivity index (χ0) is 14.8. The molecule has 2 aromatic heterocycles. The molecule has 5 nitrogen and oxygen atoms in total. The molecular weight excluding hydrogens is 359 g/mol. The SMILES string of the molecule is NNc1nc(COc2ccc(Br)c(F)c2)nc2sccc12. The summed E-state index contributed by atoms with van der Waals surface area (Å²) < 4.78 is 19.3. The predicted molar refractivity (Wildman–Crippen MR) is 83.7 cm³/mol. The number of nitrogens with zero attached hydrogens (tertiary/aromatic N) is 2. The number of anilines is 1. The van der Waals surface area contributed by atoms with Crippen molar-refractivity contribution in [3.05, 3.63) is 45.8 Å². The fourth-order valence-electron chi connectivity index (χ4n) is 1.79. The molecule has 3 aromatic rings. The molecule has 21 heavy (non-hydrogen) atoms. The van der Waals surface area contributed by atoms with E-state index < -0.39 is 0 Å². The van der Waals surface area contributed by atoms with Crippen molar-refractivity contribution in [2.24, 2.45) is 5.84 Å². The minimum Gasteiger partial charge on any atom is -0.486 e. The summed E-state index contributed by atoms with van der Waals surface area (Å²) in [7, 11) is 0. The average molecular weight is 369 g/mol. The molecule has 8 heteroatoms. The van der Waals surface area contributed by atoms with Crippen LogP contribution in [0.25, 0.3) is 10.2 Å². The molecule has 0 spiro atoms. The molecule has 3 rings (SSSR count). The van der Waals surface area contributed by atoms with E-state index >= 15 is 0 Å². The highest BCUT2D eigenvalue weighted by molar-refractivity contribution is 9.10. The second-order valence-corrected chi connectivity index (χ2v) is 5.89. The summed E-state index contributed by atoms with van der Waals surface area (Å²) >= 11 is 4.58. The van der Waals surface area contributed by atoms with Crippen LogP contribution in [0.1, 0.15) is 5.82 Å². The minimum atomic E-state index is -0.383. The lowest BCUT2D eigenvalue weighted by Gasteiger charge is -2.08. The monoisotopic (exact) mass is 368 g/mol. The van der Waals surface area contributed by atoms with Crippen molar-refractivity contribution < 1.29 is 9.13 Å². The number of thiophene rings is 1. The van der Waals surface area contributed by atoms with Crippen LogP contribution in [-0.2, 0) is 6.61 Å². The van der Waals surface area contributed by atoms with Crippen molar-refractivity contribution in [1.29, 1.82) is 0 Å². The number of hydrogen-bond acceptors (Lipinski definition) is 6. The third-order valence-corrected chi connectivity index (χ3v) is 4.22. The van der Waals surface area contributed by atoms with Crippen molar-refractivity contribution in [3.8, 4) is 5.75 Å². The van der Waals surface area contributed by atoms with Crippen LogP contribution in [0.15, 0.2) is 34.1 Å². The van der Waals surface area contributed by atoms with Gasteiger partial charge in [-0.3, -0.25) is 0 Å². The van der Waals surface area contributed by atoms with Gasteiger partial charge in [0.15, 0.2) is 11.6 Å². The summed E-state index contributed by atoms with van der Waals surface area (Å²) in [5.74, 6) is 6.50. The van der Waals surface area contributed by atoms with E-state index in [0.717, 1.165) is 10.2 Å². The second-order valence-electron chi connectivity index (χ2n) is 4.14. The van der Waals surface area contributed by atoms with Gasteiger partial charge in [0.25, 0.3) is 0 Å². The highest BCUT2D eigenvalue weighted by Gasteiger charge is 2.09. The van der Waals surface area contributed by atoms with Crippen molar-refractivity contribution >= 4 is 43.3 Å². The Morgan fingerprint density at radius 3 is 2.95 bits per heavy atom. The number of ether oxygens (including phenoxy) is 1. The number of hydrazine groups is 1. The zero-order valence-electron chi connectivity index (χ0n) is 10.6. The summed E-state index contributed by atoms with van der Waals surface area (Å²) in [4.78, 5) is 9.48. The van der Waals surface area contributed by atoms with E-state index in [9.17, 15) is 4.39 Å². The number of rotatable bonds is 4. The van der Waals surface area contributed by atoms with E-state index in [2.05, 4.69) is 31.3 Å². The zero-order valence-corrected chi connectivity index (χ0v) is 13.0. The van der Waals surface area contributed by atoms with Gasteiger partial charge in [0, 0.05) is 6.07 Å². The smallest absolute Gasteiger partial charge is 0.169 e. The molecule has 2 heterocycles. The molecule has 3 N–H and O–H groups in total. The van der Waals surface area contributed by atoms with Crippen LogP contribution in [0.4, 0.5) is 10.2 Å². The van der Waals surface area contributed by atoms with Crippen molar-refractivity contribution in [3.63, 3.8) is 0 Å². The maximum Gasteiger partial charge on any atom is 0.169 e.